The van der Waals surface area contributed by atoms with E-state index >= 15 is 0 Å². The van der Waals surface area contributed by atoms with E-state index in [9.17, 15) is 14.4 Å². The molecule has 3 aliphatic rings. The fourth-order valence-corrected chi connectivity index (χ4v) is 4.84. The van der Waals surface area contributed by atoms with E-state index in [0.717, 1.165) is 31.6 Å². The summed E-state index contributed by atoms with van der Waals surface area (Å²) in [4.78, 5) is 48.9. The molecule has 2 aromatic heterocycles. The van der Waals surface area contributed by atoms with Crippen LogP contribution in [-0.4, -0.2) is 85.8 Å². The zero-order valence-corrected chi connectivity index (χ0v) is 23.3. The van der Waals surface area contributed by atoms with Crippen LogP contribution >= 0.6 is 0 Å². The van der Waals surface area contributed by atoms with Gasteiger partial charge < -0.3 is 24.8 Å². The van der Waals surface area contributed by atoms with Crippen molar-refractivity contribution in [3.05, 3.63) is 40.7 Å². The predicted octanol–water partition coefficient (Wildman–Crippen LogP) is 2.29. The number of carbonyl (C=O) groups is 3. The largest absolute Gasteiger partial charge is 0.398 e. The van der Waals surface area contributed by atoms with Crippen LogP contribution in [0.5, 0.6) is 0 Å². The monoisotopic (exact) mass is 565 g/mol. The van der Waals surface area contributed by atoms with Gasteiger partial charge in [-0.15, -0.1) is 0 Å². The van der Waals surface area contributed by atoms with Gasteiger partial charge in [-0.3, -0.25) is 19.8 Å². The van der Waals surface area contributed by atoms with E-state index in [0.29, 0.717) is 56.2 Å². The van der Waals surface area contributed by atoms with E-state index in [1.54, 1.807) is 19.1 Å². The number of fused-ring (bicyclic) bond motifs is 1. The minimum Gasteiger partial charge on any atom is -0.398 e. The Morgan fingerprint density at radius 2 is 2.15 bits per heavy atom. The number of nitriles is 1. The molecular formula is C28H35N7O6. The number of hydrogen-bond acceptors (Lipinski definition) is 10. The van der Waals surface area contributed by atoms with Gasteiger partial charge in [0.2, 0.25) is 0 Å². The molecule has 3 N–H and O–H groups in total. The Kier molecular flexibility index (Phi) is 10.2. The molecule has 0 aromatic carbocycles. The van der Waals surface area contributed by atoms with Crippen molar-refractivity contribution in [3.63, 3.8) is 0 Å². The lowest BCUT2D eigenvalue weighted by molar-refractivity contribution is -0.140. The zero-order valence-electron chi connectivity index (χ0n) is 23.3. The summed E-state index contributed by atoms with van der Waals surface area (Å²) in [6.07, 6.45) is 5.85. The first-order chi connectivity index (χ1) is 19.8. The average Bonchev–Trinajstić information content (AvgIpc) is 3.71. The third-order valence-electron chi connectivity index (χ3n) is 7.13. The normalized spacial score (nSPS) is 19.4. The zero-order chi connectivity index (χ0) is 29.4. The summed E-state index contributed by atoms with van der Waals surface area (Å²) >= 11 is 0. The minimum absolute atomic E-state index is 0.123. The number of anilines is 3. The summed E-state index contributed by atoms with van der Waals surface area (Å²) in [6.45, 7) is 2.86. The lowest BCUT2D eigenvalue weighted by Crippen LogP contribution is -2.40. The van der Waals surface area contributed by atoms with E-state index in [1.165, 1.54) is 17.2 Å². The van der Waals surface area contributed by atoms with Gasteiger partial charge in [-0.1, -0.05) is 0 Å². The van der Waals surface area contributed by atoms with Gasteiger partial charge in [0.1, 0.15) is 29.5 Å². The minimum atomic E-state index is -0.472. The van der Waals surface area contributed by atoms with Crippen LogP contribution in [0.4, 0.5) is 22.1 Å². The number of aryl methyl sites for hydroxylation is 1. The van der Waals surface area contributed by atoms with Gasteiger partial charge in [-0.25, -0.2) is 14.8 Å². The number of rotatable bonds is 6. The molecule has 2 fully saturated rings. The number of aldehydes is 1. The molecule has 218 valence electrons. The molecule has 0 spiro atoms. The third kappa shape index (κ3) is 7.35. The molecule has 2 atom stereocenters. The number of methoxy groups -OCH3 is 1. The van der Waals surface area contributed by atoms with Crippen LogP contribution in [-0.2, 0) is 32.0 Å². The standard InChI is InChI=1S/C23H25N7O4.C5H10O2/c1-29(22(32)19-5-3-7-34-19)12-15-8-14-4-2-6-30(21(14)27-18(15)13-31)23(33)28-20-9-17(25)16(10-24)11-26-20;1-6-5-2-3-7-4-5/h8-9,11,13,19H,2-7,12H2,1H3,(H3,25,26,28,33);5H,2-4H2,1H3. The van der Waals surface area contributed by atoms with Gasteiger partial charge in [-0.05, 0) is 43.7 Å². The molecule has 2 aromatic rings. The van der Waals surface area contributed by atoms with Crippen LogP contribution < -0.4 is 16.0 Å². The lowest BCUT2D eigenvalue weighted by Gasteiger charge is -2.29. The number of nitrogens with one attached hydrogen (secondary N) is 1. The maximum absolute atomic E-state index is 13.0. The van der Waals surface area contributed by atoms with Gasteiger partial charge in [0, 0.05) is 58.3 Å². The Morgan fingerprint density at radius 1 is 1.32 bits per heavy atom. The predicted molar refractivity (Wildman–Crippen MR) is 149 cm³/mol. The smallest absolute Gasteiger partial charge is 0.328 e. The Labute approximate surface area is 238 Å². The molecule has 0 radical (unpaired) electrons. The van der Waals surface area contributed by atoms with Crippen molar-refractivity contribution in [1.82, 2.24) is 14.9 Å². The van der Waals surface area contributed by atoms with Crippen molar-refractivity contribution in [2.75, 3.05) is 56.5 Å². The highest BCUT2D eigenvalue weighted by Crippen LogP contribution is 2.29. The lowest BCUT2D eigenvalue weighted by atomic mass is 10.0. The molecule has 0 aliphatic carbocycles. The third-order valence-corrected chi connectivity index (χ3v) is 7.13. The SMILES string of the molecule is CN(Cc1cc2c(nc1C=O)N(C(=O)Nc1cc(N)c(C#N)cn1)CCC2)C(=O)C1CCCO1.COC1CCOC1. The number of nitrogens with zero attached hydrogens (tertiary/aromatic N) is 5. The molecule has 3 aliphatic heterocycles. The van der Waals surface area contributed by atoms with Crippen molar-refractivity contribution >= 4 is 35.5 Å². The Morgan fingerprint density at radius 3 is 2.76 bits per heavy atom. The van der Waals surface area contributed by atoms with Gasteiger partial charge in [0.05, 0.1) is 24.0 Å². The van der Waals surface area contributed by atoms with Crippen LogP contribution in [0.3, 0.4) is 0 Å². The highest BCUT2D eigenvalue weighted by atomic mass is 16.5. The summed E-state index contributed by atoms with van der Waals surface area (Å²) in [7, 11) is 3.40. The Bertz CT molecular complexity index is 1300. The summed E-state index contributed by atoms with van der Waals surface area (Å²) in [5.41, 5.74) is 7.83. The summed E-state index contributed by atoms with van der Waals surface area (Å²) in [5.74, 6) is 0.474. The molecular weight excluding hydrogens is 530 g/mol. The number of nitrogen functional groups attached to an aromatic ring is 1. The highest BCUT2D eigenvalue weighted by Gasteiger charge is 2.29. The molecule has 5 heterocycles. The molecule has 2 saturated heterocycles. The van der Waals surface area contributed by atoms with E-state index in [1.807, 2.05) is 12.1 Å². The maximum atomic E-state index is 13.0. The fraction of sp³-hybridized carbons (Fsp3) is 0.500. The Balaban J connectivity index is 0.000000483. The van der Waals surface area contributed by atoms with Crippen molar-refractivity contribution in [3.8, 4) is 6.07 Å². The number of hydrogen-bond donors (Lipinski definition) is 2. The van der Waals surface area contributed by atoms with Crippen LogP contribution in [0.2, 0.25) is 0 Å². The first-order valence-corrected chi connectivity index (χ1v) is 13.5. The number of ether oxygens (including phenoxy) is 3. The Hall–Kier alpha value is -4.12. The highest BCUT2D eigenvalue weighted by molar-refractivity contribution is 6.01. The van der Waals surface area contributed by atoms with Gasteiger partial charge in [0.15, 0.2) is 6.29 Å². The van der Waals surface area contributed by atoms with E-state index in [2.05, 4.69) is 15.3 Å². The molecule has 13 heteroatoms. The van der Waals surface area contributed by atoms with Crippen LogP contribution in [0, 0.1) is 11.3 Å². The van der Waals surface area contributed by atoms with Crippen molar-refractivity contribution in [2.24, 2.45) is 0 Å². The number of pyridine rings is 2. The topological polar surface area (TPSA) is 173 Å². The fourth-order valence-electron chi connectivity index (χ4n) is 4.84. The number of carbonyl (C=O) groups excluding carboxylic acids is 3. The first-order valence-electron chi connectivity index (χ1n) is 13.5. The molecule has 41 heavy (non-hydrogen) atoms. The van der Waals surface area contributed by atoms with Crippen molar-refractivity contribution in [1.29, 1.82) is 5.26 Å². The van der Waals surface area contributed by atoms with Gasteiger partial charge >= 0.3 is 6.03 Å². The number of amides is 3. The molecule has 3 amide bonds. The summed E-state index contributed by atoms with van der Waals surface area (Å²) in [5, 5.41) is 11.7. The van der Waals surface area contributed by atoms with Gasteiger partial charge in [-0.2, -0.15) is 5.26 Å². The first kappa shape index (κ1) is 29.9. The quantitative estimate of drug-likeness (QED) is 0.495. The van der Waals surface area contributed by atoms with E-state index in [4.69, 9.17) is 25.2 Å². The second kappa shape index (κ2) is 14.0. The van der Waals surface area contributed by atoms with Gasteiger partial charge in [0.25, 0.3) is 5.91 Å². The average molecular weight is 566 g/mol. The van der Waals surface area contributed by atoms with E-state index in [-0.39, 0.29) is 35.2 Å². The summed E-state index contributed by atoms with van der Waals surface area (Å²) < 4.78 is 15.5. The van der Waals surface area contributed by atoms with E-state index < -0.39 is 12.1 Å². The molecule has 13 nitrogen and oxygen atoms in total. The second-order valence-electron chi connectivity index (χ2n) is 10.0. The molecule has 0 bridgehead atoms. The number of aromatic nitrogens is 2. The molecule has 0 saturated carbocycles. The van der Waals surface area contributed by atoms with Crippen molar-refractivity contribution < 1.29 is 28.6 Å². The van der Waals surface area contributed by atoms with Crippen LogP contribution in [0.15, 0.2) is 18.3 Å². The maximum Gasteiger partial charge on any atom is 0.328 e. The molecule has 2 unspecified atom stereocenters. The van der Waals surface area contributed by atoms with Crippen LogP contribution in [0.1, 0.15) is 52.9 Å². The van der Waals surface area contributed by atoms with Crippen molar-refractivity contribution in [2.45, 2.75) is 50.9 Å². The number of likely N-dealkylation sites (N-methyl/N-ethyl adjacent to an activating group) is 1. The number of nitrogens with two attached hydrogens (primary N) is 1. The van der Waals surface area contributed by atoms with Crippen LogP contribution in [0.25, 0.3) is 0 Å². The summed E-state index contributed by atoms with van der Waals surface area (Å²) in [6, 6.07) is 4.70. The number of urea groups is 1. The second-order valence-corrected chi connectivity index (χ2v) is 10.0. The molecule has 5 rings (SSSR count).